The van der Waals surface area contributed by atoms with Gasteiger partial charge in [0, 0.05) is 10.2 Å². The molecule has 0 bridgehead atoms. The first-order valence-corrected chi connectivity index (χ1v) is 7.38. The maximum Gasteiger partial charge on any atom is 0.329 e. The van der Waals surface area contributed by atoms with E-state index >= 15 is 0 Å². The molecule has 1 atom stereocenters. The summed E-state index contributed by atoms with van der Waals surface area (Å²) in [7, 11) is 0. The summed E-state index contributed by atoms with van der Waals surface area (Å²) in [6.07, 6.45) is 2.16. The lowest BCUT2D eigenvalue weighted by molar-refractivity contribution is -0.142. The Morgan fingerprint density at radius 3 is 2.58 bits per heavy atom. The maximum absolute atomic E-state index is 11.7. The van der Waals surface area contributed by atoms with Crippen molar-refractivity contribution in [3.8, 4) is 0 Å². The Balaban J connectivity index is 2.27. The van der Waals surface area contributed by atoms with Crippen LogP contribution in [0.5, 0.6) is 0 Å². The molecule has 1 aliphatic carbocycles. The number of hydrogen-bond donors (Lipinski definition) is 2. The zero-order valence-corrected chi connectivity index (χ0v) is 13.3. The summed E-state index contributed by atoms with van der Waals surface area (Å²) in [5, 5.41) is 13.4. The van der Waals surface area contributed by atoms with Crippen molar-refractivity contribution in [2.24, 2.45) is 5.41 Å². The fourth-order valence-corrected chi connectivity index (χ4v) is 3.23. The summed E-state index contributed by atoms with van der Waals surface area (Å²) >= 11 is 9.30. The van der Waals surface area contributed by atoms with Crippen LogP contribution in [0.15, 0.2) is 22.7 Å². The second-order valence-corrected chi connectivity index (χ2v) is 7.24. The van der Waals surface area contributed by atoms with E-state index in [9.17, 15) is 9.90 Å². The third kappa shape index (κ3) is 3.06. The summed E-state index contributed by atoms with van der Waals surface area (Å²) in [6.45, 7) is 4.22. The minimum absolute atomic E-state index is 0.0506. The van der Waals surface area contributed by atoms with E-state index in [1.807, 2.05) is 12.1 Å². The minimum Gasteiger partial charge on any atom is -0.480 e. The topological polar surface area (TPSA) is 49.3 Å². The van der Waals surface area contributed by atoms with Gasteiger partial charge in [0.1, 0.15) is 5.54 Å². The van der Waals surface area contributed by atoms with Gasteiger partial charge < -0.3 is 10.4 Å². The molecule has 0 aliphatic heterocycles. The standard InChI is InChI=1S/C14H17BrClNO2/c1-13(2)5-6-14(8-13,12(18)19)17-9-3-4-11(16)10(15)7-9/h3-4,7,17H,5-6,8H2,1-2H3,(H,18,19). The van der Waals surface area contributed by atoms with Crippen molar-refractivity contribution in [3.05, 3.63) is 27.7 Å². The molecule has 1 aromatic carbocycles. The monoisotopic (exact) mass is 345 g/mol. The summed E-state index contributed by atoms with van der Waals surface area (Å²) in [5.74, 6) is -0.788. The number of carbonyl (C=O) groups is 1. The van der Waals surface area contributed by atoms with Gasteiger partial charge in [-0.15, -0.1) is 0 Å². The van der Waals surface area contributed by atoms with Crippen molar-refractivity contribution < 1.29 is 9.90 Å². The van der Waals surface area contributed by atoms with Gasteiger partial charge >= 0.3 is 5.97 Å². The SMILES string of the molecule is CC1(C)CCC(Nc2ccc(Cl)c(Br)c2)(C(=O)O)C1. The molecule has 0 radical (unpaired) electrons. The van der Waals surface area contributed by atoms with Crippen LogP contribution in [0.3, 0.4) is 0 Å². The molecule has 1 unspecified atom stereocenters. The average molecular weight is 347 g/mol. The summed E-state index contributed by atoms with van der Waals surface area (Å²) < 4.78 is 0.761. The first-order chi connectivity index (χ1) is 8.74. The molecule has 3 nitrogen and oxygen atoms in total. The highest BCUT2D eigenvalue weighted by molar-refractivity contribution is 9.10. The van der Waals surface area contributed by atoms with E-state index in [1.165, 1.54) is 0 Å². The number of hydrogen-bond acceptors (Lipinski definition) is 2. The van der Waals surface area contributed by atoms with Crippen molar-refractivity contribution in [1.29, 1.82) is 0 Å². The van der Waals surface area contributed by atoms with Gasteiger partial charge in [-0.25, -0.2) is 4.79 Å². The minimum atomic E-state index is -0.878. The number of carboxylic acids is 1. The molecule has 0 amide bonds. The quantitative estimate of drug-likeness (QED) is 0.844. The smallest absolute Gasteiger partial charge is 0.329 e. The lowest BCUT2D eigenvalue weighted by Crippen LogP contribution is -2.44. The number of benzene rings is 1. The molecule has 0 heterocycles. The zero-order chi connectivity index (χ0) is 14.3. The molecule has 1 aliphatic rings. The Kier molecular flexibility index (Phi) is 3.85. The summed E-state index contributed by atoms with van der Waals surface area (Å²) in [5.41, 5.74) is -0.0531. The third-order valence-electron chi connectivity index (χ3n) is 3.72. The van der Waals surface area contributed by atoms with Crippen LogP contribution in [-0.2, 0) is 4.79 Å². The molecular weight excluding hydrogens is 330 g/mol. The fraction of sp³-hybridized carbons (Fsp3) is 0.500. The van der Waals surface area contributed by atoms with Gasteiger partial charge in [0.15, 0.2) is 0 Å². The molecule has 104 valence electrons. The predicted octanol–water partition coefficient (Wildman–Crippen LogP) is 4.55. The summed E-state index contributed by atoms with van der Waals surface area (Å²) in [4.78, 5) is 11.7. The van der Waals surface area contributed by atoms with Crippen LogP contribution in [0.2, 0.25) is 5.02 Å². The van der Waals surface area contributed by atoms with Crippen molar-refractivity contribution in [1.82, 2.24) is 0 Å². The molecule has 5 heteroatoms. The normalized spacial score (nSPS) is 25.3. The largest absolute Gasteiger partial charge is 0.480 e. The number of aliphatic carboxylic acids is 1. The number of nitrogens with one attached hydrogen (secondary N) is 1. The molecule has 1 fully saturated rings. The van der Waals surface area contributed by atoms with Crippen molar-refractivity contribution in [2.45, 2.75) is 38.6 Å². The maximum atomic E-state index is 11.7. The highest BCUT2D eigenvalue weighted by atomic mass is 79.9. The van der Waals surface area contributed by atoms with E-state index in [-0.39, 0.29) is 5.41 Å². The van der Waals surface area contributed by atoms with Crippen molar-refractivity contribution in [3.63, 3.8) is 0 Å². The highest BCUT2D eigenvalue weighted by Gasteiger charge is 2.48. The lowest BCUT2D eigenvalue weighted by atomic mass is 9.87. The number of carboxylic acid groups (broad SMARTS) is 1. The molecule has 19 heavy (non-hydrogen) atoms. The Bertz CT molecular complexity index is 518. The third-order valence-corrected chi connectivity index (χ3v) is 4.94. The summed E-state index contributed by atoms with van der Waals surface area (Å²) in [6, 6.07) is 5.38. The second kappa shape index (κ2) is 4.98. The van der Waals surface area contributed by atoms with Gasteiger partial charge in [-0.05, 0) is 58.8 Å². The number of rotatable bonds is 3. The Hall–Kier alpha value is -0.740. The van der Waals surface area contributed by atoms with Crippen LogP contribution in [0.25, 0.3) is 0 Å². The Morgan fingerprint density at radius 1 is 1.42 bits per heavy atom. The van der Waals surface area contributed by atoms with Gasteiger partial charge in [0.05, 0.1) is 5.02 Å². The average Bonchev–Trinajstić information content (AvgIpc) is 2.61. The van der Waals surface area contributed by atoms with Gasteiger partial charge in [-0.1, -0.05) is 25.4 Å². The Labute approximate surface area is 126 Å². The van der Waals surface area contributed by atoms with Gasteiger partial charge in [-0.3, -0.25) is 0 Å². The van der Waals surface area contributed by atoms with E-state index in [4.69, 9.17) is 11.6 Å². The number of anilines is 1. The van der Waals surface area contributed by atoms with E-state index < -0.39 is 11.5 Å². The first-order valence-electron chi connectivity index (χ1n) is 6.21. The van der Waals surface area contributed by atoms with Crippen molar-refractivity contribution in [2.75, 3.05) is 5.32 Å². The van der Waals surface area contributed by atoms with Crippen molar-refractivity contribution >= 4 is 39.2 Å². The zero-order valence-electron chi connectivity index (χ0n) is 11.0. The molecule has 0 aromatic heterocycles. The van der Waals surface area contributed by atoms with E-state index in [2.05, 4.69) is 35.1 Å². The first kappa shape index (κ1) is 14.7. The van der Waals surface area contributed by atoms with E-state index in [0.29, 0.717) is 17.9 Å². The van der Waals surface area contributed by atoms with E-state index in [1.54, 1.807) is 6.07 Å². The van der Waals surface area contributed by atoms with Gasteiger partial charge in [0.25, 0.3) is 0 Å². The van der Waals surface area contributed by atoms with Gasteiger partial charge in [0.2, 0.25) is 0 Å². The van der Waals surface area contributed by atoms with E-state index in [0.717, 1.165) is 16.6 Å². The molecular formula is C14H17BrClNO2. The predicted molar refractivity (Wildman–Crippen MR) is 80.8 cm³/mol. The molecule has 2 rings (SSSR count). The molecule has 1 saturated carbocycles. The van der Waals surface area contributed by atoms with Crippen LogP contribution >= 0.6 is 27.5 Å². The van der Waals surface area contributed by atoms with Crippen LogP contribution in [0, 0.1) is 5.41 Å². The van der Waals surface area contributed by atoms with Crippen LogP contribution < -0.4 is 5.32 Å². The highest BCUT2D eigenvalue weighted by Crippen LogP contribution is 2.45. The van der Waals surface area contributed by atoms with Crippen LogP contribution in [0.1, 0.15) is 33.1 Å². The molecule has 0 spiro atoms. The Morgan fingerprint density at radius 2 is 2.11 bits per heavy atom. The fourth-order valence-electron chi connectivity index (χ4n) is 2.74. The molecule has 2 N–H and O–H groups in total. The molecule has 0 saturated heterocycles. The van der Waals surface area contributed by atoms with Gasteiger partial charge in [-0.2, -0.15) is 0 Å². The van der Waals surface area contributed by atoms with Crippen LogP contribution in [-0.4, -0.2) is 16.6 Å². The second-order valence-electron chi connectivity index (χ2n) is 5.98. The van der Waals surface area contributed by atoms with Crippen LogP contribution in [0.4, 0.5) is 5.69 Å². The number of halogens is 2. The molecule has 1 aromatic rings. The lowest BCUT2D eigenvalue weighted by Gasteiger charge is -2.29.